The van der Waals surface area contributed by atoms with Crippen LogP contribution >= 0.6 is 0 Å². The molecule has 19 heavy (non-hydrogen) atoms. The third kappa shape index (κ3) is 2.48. The lowest BCUT2D eigenvalue weighted by molar-refractivity contribution is -0.149. The van der Waals surface area contributed by atoms with E-state index < -0.39 is 36.0 Å². The van der Waals surface area contributed by atoms with Gasteiger partial charge in [0.2, 0.25) is 0 Å². The van der Waals surface area contributed by atoms with Crippen molar-refractivity contribution in [2.75, 3.05) is 19.6 Å². The number of hydrogen-bond donors (Lipinski definition) is 3. The fraction of sp³-hybridized carbons (Fsp3) is 0.727. The van der Waals surface area contributed by atoms with Gasteiger partial charge in [-0.15, -0.1) is 0 Å². The Morgan fingerprint density at radius 2 is 1.84 bits per heavy atom. The zero-order valence-electron chi connectivity index (χ0n) is 10.2. The maximum Gasteiger partial charge on any atom is 0.407 e. The van der Waals surface area contributed by atoms with Crippen LogP contribution < -0.4 is 0 Å². The van der Waals surface area contributed by atoms with Gasteiger partial charge < -0.3 is 25.1 Å². The van der Waals surface area contributed by atoms with Gasteiger partial charge in [-0.05, 0) is 12.8 Å². The van der Waals surface area contributed by atoms with E-state index in [2.05, 4.69) is 0 Å². The molecule has 0 aliphatic carbocycles. The van der Waals surface area contributed by atoms with E-state index in [9.17, 15) is 24.6 Å². The van der Waals surface area contributed by atoms with E-state index in [1.54, 1.807) is 0 Å². The molecule has 0 aromatic heterocycles. The van der Waals surface area contributed by atoms with Crippen LogP contribution in [0.25, 0.3) is 0 Å². The fourth-order valence-electron chi connectivity index (χ4n) is 2.74. The number of aliphatic hydroxyl groups is 1. The molecule has 8 nitrogen and oxygen atoms in total. The minimum Gasteiger partial charge on any atom is -0.481 e. The van der Waals surface area contributed by atoms with Gasteiger partial charge in [0.25, 0.3) is 5.91 Å². The highest BCUT2D eigenvalue weighted by Gasteiger charge is 2.44. The molecule has 2 aliphatic heterocycles. The van der Waals surface area contributed by atoms with E-state index in [1.165, 1.54) is 4.90 Å². The average Bonchev–Trinajstić information content (AvgIpc) is 2.69. The van der Waals surface area contributed by atoms with Crippen molar-refractivity contribution in [1.29, 1.82) is 0 Å². The van der Waals surface area contributed by atoms with Crippen molar-refractivity contribution in [3.63, 3.8) is 0 Å². The Labute approximate surface area is 109 Å². The zero-order chi connectivity index (χ0) is 14.2. The average molecular weight is 272 g/mol. The van der Waals surface area contributed by atoms with Crippen molar-refractivity contribution in [3.05, 3.63) is 0 Å². The summed E-state index contributed by atoms with van der Waals surface area (Å²) >= 11 is 0. The van der Waals surface area contributed by atoms with Gasteiger partial charge in [0.1, 0.15) is 6.10 Å². The lowest BCUT2D eigenvalue weighted by atomic mass is 9.91. The van der Waals surface area contributed by atoms with Crippen LogP contribution in [0.4, 0.5) is 4.79 Å². The smallest absolute Gasteiger partial charge is 0.407 e. The van der Waals surface area contributed by atoms with Gasteiger partial charge in [0.05, 0.1) is 5.92 Å². The SMILES string of the molecule is O=C(O)C1CN(C(=O)O)CCC1N1CC[C@@H](O)C1=O. The van der Waals surface area contributed by atoms with Crippen LogP contribution in [-0.2, 0) is 9.59 Å². The molecule has 0 radical (unpaired) electrons. The van der Waals surface area contributed by atoms with E-state index in [4.69, 9.17) is 5.11 Å². The first-order chi connectivity index (χ1) is 8.91. The van der Waals surface area contributed by atoms with Crippen LogP contribution in [0.1, 0.15) is 12.8 Å². The molecule has 2 unspecified atom stereocenters. The molecule has 2 rings (SSSR count). The summed E-state index contributed by atoms with van der Waals surface area (Å²) in [4.78, 5) is 36.3. The Hall–Kier alpha value is -1.83. The first-order valence-electron chi connectivity index (χ1n) is 6.11. The van der Waals surface area contributed by atoms with Gasteiger partial charge in [-0.1, -0.05) is 0 Å². The van der Waals surface area contributed by atoms with Gasteiger partial charge in [0, 0.05) is 25.7 Å². The Bertz CT molecular complexity index is 412. The molecule has 0 aromatic rings. The highest BCUT2D eigenvalue weighted by Crippen LogP contribution is 2.27. The second-order valence-electron chi connectivity index (χ2n) is 4.87. The van der Waals surface area contributed by atoms with E-state index in [-0.39, 0.29) is 19.5 Å². The fourth-order valence-corrected chi connectivity index (χ4v) is 2.74. The molecule has 8 heteroatoms. The summed E-state index contributed by atoms with van der Waals surface area (Å²) in [5.41, 5.74) is 0. The predicted molar refractivity (Wildman–Crippen MR) is 61.5 cm³/mol. The number of hydrogen-bond acceptors (Lipinski definition) is 4. The number of amides is 2. The van der Waals surface area contributed by atoms with E-state index in [0.717, 1.165) is 4.90 Å². The number of carbonyl (C=O) groups is 3. The summed E-state index contributed by atoms with van der Waals surface area (Å²) in [5, 5.41) is 27.5. The number of nitrogens with zero attached hydrogens (tertiary/aromatic N) is 2. The molecule has 3 N–H and O–H groups in total. The number of aliphatic carboxylic acids is 1. The number of carboxylic acids is 1. The zero-order valence-corrected chi connectivity index (χ0v) is 10.2. The Morgan fingerprint density at radius 3 is 2.32 bits per heavy atom. The molecule has 0 bridgehead atoms. The molecule has 2 amide bonds. The maximum atomic E-state index is 11.7. The number of rotatable bonds is 2. The van der Waals surface area contributed by atoms with Gasteiger partial charge in [-0.25, -0.2) is 4.79 Å². The van der Waals surface area contributed by atoms with Gasteiger partial charge in [-0.3, -0.25) is 9.59 Å². The third-order valence-electron chi connectivity index (χ3n) is 3.78. The largest absolute Gasteiger partial charge is 0.481 e. The highest BCUT2D eigenvalue weighted by molar-refractivity contribution is 5.84. The molecular formula is C11H16N2O6. The summed E-state index contributed by atoms with van der Waals surface area (Å²) in [6, 6.07) is -0.544. The van der Waals surface area contributed by atoms with Crippen LogP contribution in [0.15, 0.2) is 0 Å². The number of likely N-dealkylation sites (tertiary alicyclic amines) is 2. The molecule has 106 valence electrons. The van der Waals surface area contributed by atoms with Gasteiger partial charge in [-0.2, -0.15) is 0 Å². The monoisotopic (exact) mass is 272 g/mol. The first kappa shape index (κ1) is 13.6. The highest BCUT2D eigenvalue weighted by atomic mass is 16.4. The predicted octanol–water partition coefficient (Wildman–Crippen LogP) is -0.967. The molecule has 2 aliphatic rings. The van der Waals surface area contributed by atoms with Crippen molar-refractivity contribution in [2.45, 2.75) is 25.0 Å². The number of carboxylic acid groups (broad SMARTS) is 2. The molecule has 2 saturated heterocycles. The molecule has 0 saturated carbocycles. The minimum atomic E-state index is -1.16. The first-order valence-corrected chi connectivity index (χ1v) is 6.11. The Morgan fingerprint density at radius 1 is 1.16 bits per heavy atom. The van der Waals surface area contributed by atoms with Crippen molar-refractivity contribution in [1.82, 2.24) is 9.80 Å². The van der Waals surface area contributed by atoms with Crippen molar-refractivity contribution in [3.8, 4) is 0 Å². The summed E-state index contributed by atoms with van der Waals surface area (Å²) in [7, 11) is 0. The van der Waals surface area contributed by atoms with E-state index >= 15 is 0 Å². The van der Waals surface area contributed by atoms with Crippen molar-refractivity contribution in [2.24, 2.45) is 5.92 Å². The van der Waals surface area contributed by atoms with Crippen LogP contribution in [-0.4, -0.2) is 74.9 Å². The second kappa shape index (κ2) is 5.04. The normalized spacial score (nSPS) is 31.6. The van der Waals surface area contributed by atoms with Crippen LogP contribution in [0.3, 0.4) is 0 Å². The van der Waals surface area contributed by atoms with Gasteiger partial charge >= 0.3 is 12.1 Å². The number of carbonyl (C=O) groups excluding carboxylic acids is 1. The summed E-state index contributed by atoms with van der Waals surface area (Å²) < 4.78 is 0. The quantitative estimate of drug-likeness (QED) is 0.595. The lowest BCUT2D eigenvalue weighted by Crippen LogP contribution is -2.55. The summed E-state index contributed by atoms with van der Waals surface area (Å²) in [6.45, 7) is 0.389. The summed E-state index contributed by atoms with van der Waals surface area (Å²) in [6.07, 6.45) is -1.64. The molecule has 2 heterocycles. The maximum absolute atomic E-state index is 11.7. The van der Waals surface area contributed by atoms with Crippen LogP contribution in [0.2, 0.25) is 0 Å². The van der Waals surface area contributed by atoms with Gasteiger partial charge in [0.15, 0.2) is 0 Å². The topological polar surface area (TPSA) is 118 Å². The van der Waals surface area contributed by atoms with Crippen molar-refractivity contribution >= 4 is 18.0 Å². The Kier molecular flexibility index (Phi) is 3.61. The molecular weight excluding hydrogens is 256 g/mol. The molecule has 0 spiro atoms. The molecule has 0 aromatic carbocycles. The Balaban J connectivity index is 2.14. The number of aliphatic hydroxyl groups excluding tert-OH is 1. The standard InChI is InChI=1S/C11H16N2O6/c14-8-2-4-13(9(8)15)7-1-3-12(11(18)19)5-6(7)10(16)17/h6-8,14H,1-5H2,(H,16,17)(H,18,19)/t6?,7?,8-/m1/s1. The summed E-state index contributed by atoms with van der Waals surface area (Å²) in [5.74, 6) is -2.52. The molecule has 2 fully saturated rings. The van der Waals surface area contributed by atoms with Crippen LogP contribution in [0, 0.1) is 5.92 Å². The lowest BCUT2D eigenvalue weighted by Gasteiger charge is -2.39. The molecule has 3 atom stereocenters. The minimum absolute atomic E-state index is 0.130. The third-order valence-corrected chi connectivity index (χ3v) is 3.78. The second-order valence-corrected chi connectivity index (χ2v) is 4.87. The van der Waals surface area contributed by atoms with E-state index in [1.807, 2.05) is 0 Å². The number of piperidine rings is 1. The van der Waals surface area contributed by atoms with E-state index in [0.29, 0.717) is 13.0 Å². The van der Waals surface area contributed by atoms with Crippen molar-refractivity contribution < 1.29 is 29.7 Å². The van der Waals surface area contributed by atoms with Crippen LogP contribution in [0.5, 0.6) is 0 Å².